The van der Waals surface area contributed by atoms with Crippen LogP contribution >= 0.6 is 0 Å². The number of nitrogens with zero attached hydrogens (tertiary/aromatic N) is 2. The minimum atomic E-state index is -0.384. The number of nitrogens with one attached hydrogen (secondary N) is 3. The maximum absolute atomic E-state index is 13.3. The van der Waals surface area contributed by atoms with Crippen molar-refractivity contribution in [3.63, 3.8) is 0 Å². The molecule has 3 amide bonds. The molecule has 31 heavy (non-hydrogen) atoms. The standard InChI is InChI=1S/C23H26FN5O2/c1-23(2,3)19-15-20(29(28-19)18-11-9-16(24)10-12-18)27-21(30)13-14-25-22(31)26-17-7-5-4-6-8-17/h4-12,15H,13-14H2,1-3H3,(H,27,30)(H2,25,26,31). The number of aromatic nitrogens is 2. The first-order valence-electron chi connectivity index (χ1n) is 9.98. The molecular weight excluding hydrogens is 397 g/mol. The number of anilines is 2. The van der Waals surface area contributed by atoms with Crippen molar-refractivity contribution in [1.82, 2.24) is 15.1 Å². The van der Waals surface area contributed by atoms with Crippen LogP contribution in [0.2, 0.25) is 0 Å². The molecule has 3 N–H and O–H groups in total. The molecule has 3 aromatic rings. The normalized spacial score (nSPS) is 11.1. The average Bonchev–Trinajstić information content (AvgIpc) is 3.13. The second-order valence-corrected chi connectivity index (χ2v) is 8.10. The number of urea groups is 1. The molecule has 2 aromatic carbocycles. The quantitative estimate of drug-likeness (QED) is 0.547. The number of benzene rings is 2. The third kappa shape index (κ3) is 6.15. The fourth-order valence-corrected chi connectivity index (χ4v) is 2.81. The van der Waals surface area contributed by atoms with Crippen molar-refractivity contribution in [3.05, 3.63) is 72.2 Å². The summed E-state index contributed by atoms with van der Waals surface area (Å²) in [5, 5.41) is 12.8. The number of hydrogen-bond donors (Lipinski definition) is 3. The Kier molecular flexibility index (Phi) is 6.69. The molecule has 0 aliphatic carbocycles. The molecule has 1 heterocycles. The number of amides is 3. The SMILES string of the molecule is CC(C)(C)c1cc(NC(=O)CCNC(=O)Nc2ccccc2)n(-c2ccc(F)cc2)n1. The third-order valence-electron chi connectivity index (χ3n) is 4.49. The fourth-order valence-electron chi connectivity index (χ4n) is 2.81. The summed E-state index contributed by atoms with van der Waals surface area (Å²) in [6.45, 7) is 6.23. The number of carbonyl (C=O) groups is 2. The van der Waals surface area contributed by atoms with Gasteiger partial charge in [0.05, 0.1) is 11.4 Å². The summed E-state index contributed by atoms with van der Waals surface area (Å²) < 4.78 is 14.9. The van der Waals surface area contributed by atoms with E-state index in [0.717, 1.165) is 5.69 Å². The van der Waals surface area contributed by atoms with E-state index in [2.05, 4.69) is 21.0 Å². The van der Waals surface area contributed by atoms with Crippen LogP contribution in [0.25, 0.3) is 5.69 Å². The van der Waals surface area contributed by atoms with Crippen LogP contribution in [0, 0.1) is 5.82 Å². The molecule has 8 heteroatoms. The van der Waals surface area contributed by atoms with Gasteiger partial charge >= 0.3 is 6.03 Å². The zero-order valence-corrected chi connectivity index (χ0v) is 17.8. The first kappa shape index (κ1) is 22.0. The van der Waals surface area contributed by atoms with Gasteiger partial charge in [0.15, 0.2) is 0 Å². The molecule has 0 radical (unpaired) electrons. The Labute approximate surface area is 180 Å². The Morgan fingerprint density at radius 1 is 1.00 bits per heavy atom. The van der Waals surface area contributed by atoms with Gasteiger partial charge in [0, 0.05) is 30.1 Å². The van der Waals surface area contributed by atoms with Gasteiger partial charge in [-0.3, -0.25) is 4.79 Å². The third-order valence-corrected chi connectivity index (χ3v) is 4.49. The van der Waals surface area contributed by atoms with Crippen molar-refractivity contribution >= 4 is 23.4 Å². The van der Waals surface area contributed by atoms with Crippen LogP contribution in [0.3, 0.4) is 0 Å². The zero-order chi connectivity index (χ0) is 22.4. The van der Waals surface area contributed by atoms with Gasteiger partial charge in [-0.15, -0.1) is 0 Å². The first-order chi connectivity index (χ1) is 14.7. The van der Waals surface area contributed by atoms with E-state index in [0.29, 0.717) is 17.2 Å². The molecule has 0 aliphatic rings. The minimum Gasteiger partial charge on any atom is -0.337 e. The van der Waals surface area contributed by atoms with Crippen LogP contribution in [0.1, 0.15) is 32.9 Å². The highest BCUT2D eigenvalue weighted by Crippen LogP contribution is 2.26. The van der Waals surface area contributed by atoms with E-state index in [-0.39, 0.29) is 36.1 Å². The van der Waals surface area contributed by atoms with E-state index in [1.165, 1.54) is 12.1 Å². The van der Waals surface area contributed by atoms with Crippen molar-refractivity contribution in [2.24, 2.45) is 0 Å². The molecule has 0 atom stereocenters. The van der Waals surface area contributed by atoms with E-state index >= 15 is 0 Å². The van der Waals surface area contributed by atoms with Crippen LogP contribution in [0.15, 0.2) is 60.7 Å². The largest absolute Gasteiger partial charge is 0.337 e. The summed E-state index contributed by atoms with van der Waals surface area (Å²) in [5.41, 5.74) is 1.85. The molecule has 0 fully saturated rings. The maximum Gasteiger partial charge on any atom is 0.319 e. The van der Waals surface area contributed by atoms with E-state index in [9.17, 15) is 14.0 Å². The molecule has 0 saturated carbocycles. The Hall–Kier alpha value is -3.68. The van der Waals surface area contributed by atoms with Crippen LogP contribution in [0.5, 0.6) is 0 Å². The Bertz CT molecular complexity index is 1040. The highest BCUT2D eigenvalue weighted by Gasteiger charge is 2.21. The summed E-state index contributed by atoms with van der Waals surface area (Å²) in [7, 11) is 0. The van der Waals surface area contributed by atoms with Gasteiger partial charge < -0.3 is 16.0 Å². The van der Waals surface area contributed by atoms with Crippen molar-refractivity contribution < 1.29 is 14.0 Å². The number of hydrogen-bond acceptors (Lipinski definition) is 3. The predicted molar refractivity (Wildman–Crippen MR) is 119 cm³/mol. The van der Waals surface area contributed by atoms with Gasteiger partial charge in [0.25, 0.3) is 0 Å². The maximum atomic E-state index is 13.3. The van der Waals surface area contributed by atoms with Crippen LogP contribution in [-0.4, -0.2) is 28.3 Å². The number of carbonyl (C=O) groups excluding carboxylic acids is 2. The summed E-state index contributed by atoms with van der Waals surface area (Å²) in [4.78, 5) is 24.4. The van der Waals surface area contributed by atoms with Crippen LogP contribution < -0.4 is 16.0 Å². The molecule has 3 rings (SSSR count). The molecule has 7 nitrogen and oxygen atoms in total. The highest BCUT2D eigenvalue weighted by atomic mass is 19.1. The predicted octanol–water partition coefficient (Wildman–Crippen LogP) is 4.46. The van der Waals surface area contributed by atoms with Gasteiger partial charge in [0.1, 0.15) is 11.6 Å². The van der Waals surface area contributed by atoms with Crippen molar-refractivity contribution in [2.45, 2.75) is 32.6 Å². The Balaban J connectivity index is 1.62. The molecule has 0 spiro atoms. The van der Waals surface area contributed by atoms with Crippen molar-refractivity contribution in [1.29, 1.82) is 0 Å². The minimum absolute atomic E-state index is 0.0850. The Morgan fingerprint density at radius 3 is 2.32 bits per heavy atom. The van der Waals surface area contributed by atoms with Gasteiger partial charge in [-0.2, -0.15) is 5.10 Å². The lowest BCUT2D eigenvalue weighted by molar-refractivity contribution is -0.116. The Morgan fingerprint density at radius 2 is 1.68 bits per heavy atom. The van der Waals surface area contributed by atoms with Crippen LogP contribution in [0.4, 0.5) is 20.7 Å². The number of halogens is 1. The lowest BCUT2D eigenvalue weighted by atomic mass is 9.92. The summed E-state index contributed by atoms with van der Waals surface area (Å²) in [6.07, 6.45) is 0.0850. The molecular formula is C23H26FN5O2. The average molecular weight is 423 g/mol. The number of rotatable bonds is 6. The van der Waals surface area contributed by atoms with E-state index in [1.807, 2.05) is 39.0 Å². The van der Waals surface area contributed by atoms with Crippen LogP contribution in [-0.2, 0) is 10.2 Å². The fraction of sp³-hybridized carbons (Fsp3) is 0.261. The van der Waals surface area contributed by atoms with Crippen molar-refractivity contribution in [2.75, 3.05) is 17.2 Å². The van der Waals surface area contributed by atoms with Gasteiger partial charge in [0.2, 0.25) is 5.91 Å². The lowest BCUT2D eigenvalue weighted by Gasteiger charge is -2.14. The molecule has 0 bridgehead atoms. The van der Waals surface area contributed by atoms with Gasteiger partial charge in [-0.1, -0.05) is 39.0 Å². The van der Waals surface area contributed by atoms with E-state index < -0.39 is 0 Å². The monoisotopic (exact) mass is 423 g/mol. The second kappa shape index (κ2) is 9.42. The highest BCUT2D eigenvalue weighted by molar-refractivity contribution is 5.92. The number of para-hydroxylation sites is 1. The molecule has 0 aliphatic heterocycles. The molecule has 162 valence electrons. The smallest absolute Gasteiger partial charge is 0.319 e. The topological polar surface area (TPSA) is 88.0 Å². The van der Waals surface area contributed by atoms with Gasteiger partial charge in [-0.25, -0.2) is 13.9 Å². The summed E-state index contributed by atoms with van der Waals surface area (Å²) in [6, 6.07) is 16.3. The summed E-state index contributed by atoms with van der Waals surface area (Å²) in [5.74, 6) is -0.142. The molecule has 1 aromatic heterocycles. The second-order valence-electron chi connectivity index (χ2n) is 8.10. The van der Waals surface area contributed by atoms with Gasteiger partial charge in [-0.05, 0) is 36.4 Å². The first-order valence-corrected chi connectivity index (χ1v) is 9.98. The lowest BCUT2D eigenvalue weighted by Crippen LogP contribution is -2.31. The zero-order valence-electron chi connectivity index (χ0n) is 17.8. The molecule has 0 saturated heterocycles. The van der Waals surface area contributed by atoms with E-state index in [4.69, 9.17) is 0 Å². The van der Waals surface area contributed by atoms with Crippen molar-refractivity contribution in [3.8, 4) is 5.69 Å². The van der Waals surface area contributed by atoms with E-state index in [1.54, 1.807) is 35.0 Å². The summed E-state index contributed by atoms with van der Waals surface area (Å²) >= 11 is 0. The molecule has 0 unspecified atom stereocenters.